The van der Waals surface area contributed by atoms with Gasteiger partial charge in [-0.1, -0.05) is 6.08 Å². The van der Waals surface area contributed by atoms with Gasteiger partial charge in [0.05, 0.1) is 6.61 Å². The van der Waals surface area contributed by atoms with E-state index in [0.29, 0.717) is 23.7 Å². The second-order valence-electron chi connectivity index (χ2n) is 4.88. The number of aromatic nitrogens is 1. The summed E-state index contributed by atoms with van der Waals surface area (Å²) >= 11 is 1.30. The lowest BCUT2D eigenvalue weighted by atomic mass is 10.1. The average Bonchev–Trinajstić information content (AvgIpc) is 3.06. The van der Waals surface area contributed by atoms with Gasteiger partial charge in [-0.2, -0.15) is 0 Å². The minimum atomic E-state index is -0.521. The number of halogens is 1. The van der Waals surface area contributed by atoms with Crippen molar-refractivity contribution in [3.05, 3.63) is 59.4 Å². The molecule has 0 aliphatic carbocycles. The molecule has 1 N–H and O–H groups in total. The molecule has 5 nitrogen and oxygen atoms in total. The maximum Gasteiger partial charge on any atom is 0.357 e. The molecule has 2 rings (SSSR count). The number of nitrogens with zero attached hydrogens (tertiary/aromatic N) is 1. The van der Waals surface area contributed by atoms with E-state index in [1.54, 1.807) is 11.5 Å². The Morgan fingerprint density at radius 2 is 2.08 bits per heavy atom. The largest absolute Gasteiger partial charge is 0.461 e. The summed E-state index contributed by atoms with van der Waals surface area (Å²) in [6, 6.07) is 5.37. The molecule has 0 fully saturated rings. The number of rotatable bonds is 9. The Labute approximate surface area is 143 Å². The zero-order valence-corrected chi connectivity index (χ0v) is 13.8. The van der Waals surface area contributed by atoms with Crippen LogP contribution in [0, 0.1) is 5.82 Å². The topological polar surface area (TPSA) is 68.3 Å². The third-order valence-corrected chi connectivity index (χ3v) is 3.86. The van der Waals surface area contributed by atoms with E-state index in [0.717, 1.165) is 0 Å². The molecule has 1 heterocycles. The quantitative estimate of drug-likeness (QED) is 0.324. The smallest absolute Gasteiger partial charge is 0.357 e. The van der Waals surface area contributed by atoms with Crippen LogP contribution in [0.25, 0.3) is 0 Å². The predicted molar refractivity (Wildman–Crippen MR) is 91.0 cm³/mol. The standard InChI is InChI=1S/C17H17FN2O3S/c1-2-9-19-17-20-14(11-24-17)16(22)23-10-3-4-15(21)12-5-7-13(18)8-6-12/h2,5-8,11H,1,3-4,9-10H2,(H,19,20). The van der Waals surface area contributed by atoms with Crippen molar-refractivity contribution >= 4 is 28.2 Å². The number of esters is 1. The van der Waals surface area contributed by atoms with Crippen molar-refractivity contribution in [2.45, 2.75) is 12.8 Å². The van der Waals surface area contributed by atoms with Crippen molar-refractivity contribution in [3.8, 4) is 0 Å². The first-order chi connectivity index (χ1) is 11.6. The fourth-order valence-electron chi connectivity index (χ4n) is 1.86. The molecule has 126 valence electrons. The number of hydrogen-bond donors (Lipinski definition) is 1. The molecule has 1 aromatic carbocycles. The highest BCUT2D eigenvalue weighted by atomic mass is 32.1. The fraction of sp³-hybridized carbons (Fsp3) is 0.235. The highest BCUT2D eigenvalue weighted by Gasteiger charge is 2.12. The minimum absolute atomic E-state index is 0.115. The average molecular weight is 348 g/mol. The Morgan fingerprint density at radius 1 is 1.33 bits per heavy atom. The van der Waals surface area contributed by atoms with Crippen molar-refractivity contribution in [3.63, 3.8) is 0 Å². The van der Waals surface area contributed by atoms with Gasteiger partial charge < -0.3 is 10.1 Å². The number of ether oxygens (including phenoxy) is 1. The number of benzene rings is 1. The van der Waals surface area contributed by atoms with Crippen LogP contribution in [0.15, 0.2) is 42.3 Å². The van der Waals surface area contributed by atoms with Gasteiger partial charge in [0.15, 0.2) is 16.6 Å². The maximum absolute atomic E-state index is 12.8. The summed E-state index contributed by atoms with van der Waals surface area (Å²) in [5, 5.41) is 5.21. The minimum Gasteiger partial charge on any atom is -0.461 e. The number of carbonyl (C=O) groups excluding carboxylic acids is 2. The zero-order valence-electron chi connectivity index (χ0n) is 13.0. The van der Waals surface area contributed by atoms with Crippen LogP contribution in [-0.2, 0) is 4.74 Å². The summed E-state index contributed by atoms with van der Waals surface area (Å²) in [6.45, 7) is 4.27. The van der Waals surface area contributed by atoms with Crippen molar-refractivity contribution < 1.29 is 18.7 Å². The predicted octanol–water partition coefficient (Wildman–Crippen LogP) is 3.70. The molecular weight excluding hydrogens is 331 g/mol. The van der Waals surface area contributed by atoms with Crippen LogP contribution < -0.4 is 5.32 Å². The van der Waals surface area contributed by atoms with E-state index in [4.69, 9.17) is 4.74 Å². The second-order valence-corrected chi connectivity index (χ2v) is 5.74. The van der Waals surface area contributed by atoms with E-state index in [1.807, 2.05) is 0 Å². The molecule has 0 aliphatic rings. The molecule has 0 saturated heterocycles. The van der Waals surface area contributed by atoms with E-state index in [2.05, 4.69) is 16.9 Å². The summed E-state index contributed by atoms with van der Waals surface area (Å²) in [4.78, 5) is 27.8. The zero-order chi connectivity index (χ0) is 17.4. The number of carbonyl (C=O) groups is 2. The summed E-state index contributed by atoms with van der Waals surface area (Å²) in [6.07, 6.45) is 2.31. The first-order valence-electron chi connectivity index (χ1n) is 7.36. The summed E-state index contributed by atoms with van der Waals surface area (Å²) in [7, 11) is 0. The molecule has 0 unspecified atom stereocenters. The molecular formula is C17H17FN2O3S. The highest BCUT2D eigenvalue weighted by Crippen LogP contribution is 2.16. The van der Waals surface area contributed by atoms with Gasteiger partial charge in [-0.3, -0.25) is 4.79 Å². The van der Waals surface area contributed by atoms with Crippen LogP contribution in [-0.4, -0.2) is 29.9 Å². The first-order valence-corrected chi connectivity index (χ1v) is 8.24. The SMILES string of the molecule is C=CCNc1nc(C(=O)OCCCC(=O)c2ccc(F)cc2)cs1. The van der Waals surface area contributed by atoms with Crippen molar-refractivity contribution in [2.75, 3.05) is 18.5 Å². The Hall–Kier alpha value is -2.54. The molecule has 2 aromatic rings. The van der Waals surface area contributed by atoms with Gasteiger partial charge in [-0.05, 0) is 30.7 Å². The lowest BCUT2D eigenvalue weighted by molar-refractivity contribution is 0.0488. The molecule has 24 heavy (non-hydrogen) atoms. The lowest BCUT2D eigenvalue weighted by Gasteiger charge is -2.03. The maximum atomic E-state index is 12.8. The van der Waals surface area contributed by atoms with Crippen LogP contribution >= 0.6 is 11.3 Å². The van der Waals surface area contributed by atoms with Crippen LogP contribution in [0.4, 0.5) is 9.52 Å². The van der Waals surface area contributed by atoms with E-state index >= 15 is 0 Å². The Morgan fingerprint density at radius 3 is 2.79 bits per heavy atom. The number of hydrogen-bond acceptors (Lipinski definition) is 6. The van der Waals surface area contributed by atoms with Gasteiger partial charge >= 0.3 is 5.97 Å². The Balaban J connectivity index is 1.72. The Bertz CT molecular complexity index is 713. The van der Waals surface area contributed by atoms with Gasteiger partial charge in [-0.25, -0.2) is 14.2 Å². The molecule has 0 amide bonds. The second kappa shape index (κ2) is 8.93. The van der Waals surface area contributed by atoms with Crippen LogP contribution in [0.3, 0.4) is 0 Å². The molecule has 0 saturated carbocycles. The van der Waals surface area contributed by atoms with Crippen LogP contribution in [0.5, 0.6) is 0 Å². The molecule has 7 heteroatoms. The third kappa shape index (κ3) is 5.27. The third-order valence-electron chi connectivity index (χ3n) is 3.06. The van der Waals surface area contributed by atoms with Crippen LogP contribution in [0.1, 0.15) is 33.7 Å². The molecule has 0 spiro atoms. The van der Waals surface area contributed by atoms with Gasteiger partial charge in [0.2, 0.25) is 0 Å². The normalized spacial score (nSPS) is 10.2. The van der Waals surface area contributed by atoms with Crippen molar-refractivity contribution in [2.24, 2.45) is 0 Å². The van der Waals surface area contributed by atoms with Gasteiger partial charge in [-0.15, -0.1) is 17.9 Å². The number of ketones is 1. The fourth-order valence-corrected chi connectivity index (χ4v) is 2.55. The molecule has 1 aromatic heterocycles. The van der Waals surface area contributed by atoms with Gasteiger partial charge in [0.1, 0.15) is 5.82 Å². The van der Waals surface area contributed by atoms with Gasteiger partial charge in [0.25, 0.3) is 0 Å². The molecule has 0 aliphatic heterocycles. The summed E-state index contributed by atoms with van der Waals surface area (Å²) < 4.78 is 17.9. The van der Waals surface area contributed by atoms with E-state index in [9.17, 15) is 14.0 Å². The molecule has 0 atom stereocenters. The lowest BCUT2D eigenvalue weighted by Crippen LogP contribution is -2.09. The Kier molecular flexibility index (Phi) is 6.62. The summed E-state index contributed by atoms with van der Waals surface area (Å²) in [5.41, 5.74) is 0.677. The number of nitrogens with one attached hydrogen (secondary N) is 1. The number of Topliss-reactive ketones (excluding diaryl/α,β-unsaturated/α-hetero) is 1. The van der Waals surface area contributed by atoms with E-state index < -0.39 is 5.97 Å². The molecule has 0 radical (unpaired) electrons. The van der Waals surface area contributed by atoms with Crippen molar-refractivity contribution in [1.29, 1.82) is 0 Å². The number of thiazole rings is 1. The van der Waals surface area contributed by atoms with Crippen LogP contribution in [0.2, 0.25) is 0 Å². The molecule has 0 bridgehead atoms. The van der Waals surface area contributed by atoms with E-state index in [1.165, 1.54) is 35.6 Å². The van der Waals surface area contributed by atoms with E-state index in [-0.39, 0.29) is 30.3 Å². The van der Waals surface area contributed by atoms with Crippen molar-refractivity contribution in [1.82, 2.24) is 4.98 Å². The first kappa shape index (κ1) is 17.8. The van der Waals surface area contributed by atoms with Gasteiger partial charge in [0, 0.05) is 23.9 Å². The highest BCUT2D eigenvalue weighted by molar-refractivity contribution is 7.13. The monoisotopic (exact) mass is 348 g/mol. The summed E-state index contributed by atoms with van der Waals surface area (Å²) in [5.74, 6) is -1.02. The number of anilines is 1.